The van der Waals surface area contributed by atoms with Crippen LogP contribution >= 0.6 is 11.6 Å². The maximum absolute atomic E-state index is 12.4. The number of piperidine rings is 1. The van der Waals surface area contributed by atoms with Gasteiger partial charge < -0.3 is 15.1 Å². The van der Waals surface area contributed by atoms with Crippen LogP contribution in [0.5, 0.6) is 0 Å². The van der Waals surface area contributed by atoms with Gasteiger partial charge in [-0.15, -0.1) is 0 Å². The molecule has 0 aromatic carbocycles. The van der Waals surface area contributed by atoms with Crippen molar-refractivity contribution in [2.45, 2.75) is 12.8 Å². The van der Waals surface area contributed by atoms with Crippen molar-refractivity contribution in [1.82, 2.24) is 9.88 Å². The summed E-state index contributed by atoms with van der Waals surface area (Å²) in [5.41, 5.74) is 2.86. The number of halogens is 1. The number of nitrogens with two attached hydrogens (primary N) is 1. The van der Waals surface area contributed by atoms with Gasteiger partial charge in [0.05, 0.1) is 17.2 Å². The van der Waals surface area contributed by atoms with Crippen molar-refractivity contribution in [3.05, 3.63) is 22.8 Å². The zero-order chi connectivity index (χ0) is 14.5. The fourth-order valence-electron chi connectivity index (χ4n) is 2.46. The number of likely N-dealkylation sites (tertiary alicyclic amines) is 1. The molecule has 1 saturated heterocycles. The highest BCUT2D eigenvalue weighted by molar-refractivity contribution is 6.33. The van der Waals surface area contributed by atoms with E-state index in [9.17, 15) is 4.79 Å². The number of nitrogens with one attached hydrogen (secondary N) is 1. The zero-order valence-electron chi connectivity index (χ0n) is 11.4. The number of hydrogen-bond donors (Lipinski definition) is 2. The van der Waals surface area contributed by atoms with Gasteiger partial charge in [-0.3, -0.25) is 4.79 Å². The van der Waals surface area contributed by atoms with Crippen molar-refractivity contribution in [1.29, 1.82) is 0 Å². The van der Waals surface area contributed by atoms with Crippen molar-refractivity contribution >= 4 is 23.3 Å². The van der Waals surface area contributed by atoms with Crippen LogP contribution < -0.4 is 11.3 Å². The molecular weight excluding hydrogens is 280 g/mol. The van der Waals surface area contributed by atoms with E-state index in [0.717, 1.165) is 19.4 Å². The number of hydrogen-bond acceptors (Lipinski definition) is 5. The predicted molar refractivity (Wildman–Crippen MR) is 77.6 cm³/mol. The topological polar surface area (TPSA) is 80.5 Å². The van der Waals surface area contributed by atoms with E-state index in [2.05, 4.69) is 10.4 Å². The minimum Gasteiger partial charge on any atom is -0.384 e. The second-order valence-electron chi connectivity index (χ2n) is 4.91. The number of ether oxygens (including phenoxy) is 1. The normalized spacial score (nSPS) is 18.9. The number of hydrazine groups is 1. The second-order valence-corrected chi connectivity index (χ2v) is 5.32. The van der Waals surface area contributed by atoms with Crippen molar-refractivity contribution in [2.75, 3.05) is 32.2 Å². The Kier molecular flexibility index (Phi) is 5.17. The lowest BCUT2D eigenvalue weighted by Gasteiger charge is -2.32. The fraction of sp³-hybridized carbons (Fsp3) is 0.538. The summed E-state index contributed by atoms with van der Waals surface area (Å²) in [6.07, 6.45) is 3.57. The second kappa shape index (κ2) is 6.88. The SMILES string of the molecule is COCC1CCCN(C(=O)c2cnc(NN)c(Cl)c2)C1. The van der Waals surface area contributed by atoms with Crippen LogP contribution in [0.1, 0.15) is 23.2 Å². The van der Waals surface area contributed by atoms with Crippen molar-refractivity contribution in [2.24, 2.45) is 11.8 Å². The van der Waals surface area contributed by atoms with Gasteiger partial charge >= 0.3 is 0 Å². The third kappa shape index (κ3) is 3.39. The summed E-state index contributed by atoms with van der Waals surface area (Å²) in [6.45, 7) is 2.15. The molecule has 3 N–H and O–H groups in total. The van der Waals surface area contributed by atoms with Crippen molar-refractivity contribution < 1.29 is 9.53 Å². The van der Waals surface area contributed by atoms with Crippen molar-refractivity contribution in [3.63, 3.8) is 0 Å². The largest absolute Gasteiger partial charge is 0.384 e. The lowest BCUT2D eigenvalue weighted by atomic mass is 9.98. The molecule has 0 radical (unpaired) electrons. The molecule has 1 aromatic heterocycles. The molecule has 1 aromatic rings. The van der Waals surface area contributed by atoms with Gasteiger partial charge in [0.15, 0.2) is 5.82 Å². The van der Waals surface area contributed by atoms with Gasteiger partial charge in [-0.25, -0.2) is 10.8 Å². The highest BCUT2D eigenvalue weighted by Gasteiger charge is 2.25. The maximum atomic E-state index is 12.4. The van der Waals surface area contributed by atoms with E-state index in [1.807, 2.05) is 4.90 Å². The van der Waals surface area contributed by atoms with E-state index >= 15 is 0 Å². The van der Waals surface area contributed by atoms with Gasteiger partial charge in [0.1, 0.15) is 0 Å². The summed E-state index contributed by atoms with van der Waals surface area (Å²) < 4.78 is 5.17. The first-order valence-electron chi connectivity index (χ1n) is 6.56. The average molecular weight is 299 g/mol. The Balaban J connectivity index is 2.08. The Morgan fingerprint density at radius 1 is 1.70 bits per heavy atom. The first-order chi connectivity index (χ1) is 9.65. The average Bonchev–Trinajstić information content (AvgIpc) is 2.47. The Morgan fingerprint density at radius 3 is 3.15 bits per heavy atom. The Labute approximate surface area is 123 Å². The molecule has 0 saturated carbocycles. The Bertz CT molecular complexity index is 481. The minimum absolute atomic E-state index is 0.0521. The van der Waals surface area contributed by atoms with Gasteiger partial charge in [0.25, 0.3) is 5.91 Å². The smallest absolute Gasteiger partial charge is 0.255 e. The molecular formula is C13H19ClN4O2. The van der Waals surface area contributed by atoms with Gasteiger partial charge in [-0.05, 0) is 24.8 Å². The fourth-order valence-corrected chi connectivity index (χ4v) is 2.69. The standard InChI is InChI=1S/C13H19ClN4O2/c1-20-8-9-3-2-4-18(7-9)13(19)10-5-11(14)12(17-15)16-6-10/h5-6,9H,2-4,7-8,15H2,1H3,(H,16,17). The van der Waals surface area contributed by atoms with Crippen LogP contribution in [0.25, 0.3) is 0 Å². The first-order valence-corrected chi connectivity index (χ1v) is 6.94. The molecule has 0 bridgehead atoms. The Hall–Kier alpha value is -1.37. The molecule has 6 nitrogen and oxygen atoms in total. The van der Waals surface area contributed by atoms with Crippen LogP contribution in [0.2, 0.25) is 5.02 Å². The highest BCUT2D eigenvalue weighted by atomic mass is 35.5. The van der Waals surface area contributed by atoms with E-state index in [0.29, 0.717) is 35.5 Å². The molecule has 1 fully saturated rings. The summed E-state index contributed by atoms with van der Waals surface area (Å²) in [4.78, 5) is 18.3. The summed E-state index contributed by atoms with van der Waals surface area (Å²) in [5, 5.41) is 0.337. The maximum Gasteiger partial charge on any atom is 0.255 e. The molecule has 0 spiro atoms. The molecule has 2 heterocycles. The summed E-state index contributed by atoms with van der Waals surface area (Å²) in [6, 6.07) is 1.59. The van der Waals surface area contributed by atoms with Gasteiger partial charge in [0.2, 0.25) is 0 Å². The van der Waals surface area contributed by atoms with Crippen molar-refractivity contribution in [3.8, 4) is 0 Å². The number of amides is 1. The van der Waals surface area contributed by atoms with Gasteiger partial charge in [-0.2, -0.15) is 0 Å². The number of carbonyl (C=O) groups excluding carboxylic acids is 1. The van der Waals surface area contributed by atoms with E-state index in [-0.39, 0.29) is 5.91 Å². The summed E-state index contributed by atoms with van der Waals surface area (Å²) in [5.74, 6) is 5.97. The van der Waals surface area contributed by atoms with E-state index in [1.165, 1.54) is 6.20 Å². The molecule has 1 atom stereocenters. The van der Waals surface area contributed by atoms with E-state index < -0.39 is 0 Å². The van der Waals surface area contributed by atoms with Crippen LogP contribution in [0.15, 0.2) is 12.3 Å². The monoisotopic (exact) mass is 298 g/mol. The molecule has 0 aliphatic carbocycles. The summed E-state index contributed by atoms with van der Waals surface area (Å²) in [7, 11) is 1.68. The molecule has 1 aliphatic heterocycles. The molecule has 7 heteroatoms. The number of rotatable bonds is 4. The number of anilines is 1. The number of nitrogen functional groups attached to an aromatic ring is 1. The van der Waals surface area contributed by atoms with Crippen LogP contribution in [-0.2, 0) is 4.74 Å². The van der Waals surface area contributed by atoms with Gasteiger partial charge in [0, 0.05) is 26.4 Å². The predicted octanol–water partition coefficient (Wildman–Crippen LogP) is 1.52. The third-order valence-electron chi connectivity index (χ3n) is 3.43. The number of methoxy groups -OCH3 is 1. The number of aromatic nitrogens is 1. The quantitative estimate of drug-likeness (QED) is 0.651. The third-order valence-corrected chi connectivity index (χ3v) is 3.72. The molecule has 1 unspecified atom stereocenters. The number of nitrogens with zero attached hydrogens (tertiary/aromatic N) is 2. The van der Waals surface area contributed by atoms with Gasteiger partial charge in [-0.1, -0.05) is 11.6 Å². The lowest BCUT2D eigenvalue weighted by Crippen LogP contribution is -2.41. The first kappa shape index (κ1) is 15.0. The number of carbonyl (C=O) groups is 1. The zero-order valence-corrected chi connectivity index (χ0v) is 12.2. The molecule has 110 valence electrons. The Morgan fingerprint density at radius 2 is 2.50 bits per heavy atom. The summed E-state index contributed by atoms with van der Waals surface area (Å²) >= 11 is 6.00. The number of pyridine rings is 1. The van der Waals surface area contributed by atoms with Crippen LogP contribution in [0.4, 0.5) is 5.82 Å². The van der Waals surface area contributed by atoms with E-state index in [1.54, 1.807) is 13.2 Å². The molecule has 1 amide bonds. The minimum atomic E-state index is -0.0521. The van der Waals surface area contributed by atoms with Crippen LogP contribution in [0.3, 0.4) is 0 Å². The molecule has 1 aliphatic rings. The molecule has 20 heavy (non-hydrogen) atoms. The molecule has 2 rings (SSSR count). The highest BCUT2D eigenvalue weighted by Crippen LogP contribution is 2.22. The van der Waals surface area contributed by atoms with Crippen LogP contribution in [-0.4, -0.2) is 42.6 Å². The lowest BCUT2D eigenvalue weighted by molar-refractivity contribution is 0.0570. The van der Waals surface area contributed by atoms with E-state index in [4.69, 9.17) is 22.2 Å². The van der Waals surface area contributed by atoms with Crippen LogP contribution in [0, 0.1) is 5.92 Å².